The lowest BCUT2D eigenvalue weighted by Crippen LogP contribution is -2.04. The van der Waals surface area contributed by atoms with E-state index in [9.17, 15) is 4.79 Å². The zero-order valence-electron chi connectivity index (χ0n) is 12.8. The van der Waals surface area contributed by atoms with Gasteiger partial charge < -0.3 is 9.84 Å². The van der Waals surface area contributed by atoms with Crippen LogP contribution in [0.1, 0.15) is 36.5 Å². The molecule has 1 aromatic carbocycles. The van der Waals surface area contributed by atoms with Gasteiger partial charge >= 0.3 is 6.16 Å². The van der Waals surface area contributed by atoms with Crippen molar-refractivity contribution in [3.8, 4) is 5.88 Å². The summed E-state index contributed by atoms with van der Waals surface area (Å²) in [4.78, 5) is 14.3. The number of aromatic nitrogens is 1. The van der Waals surface area contributed by atoms with Crippen molar-refractivity contribution in [3.63, 3.8) is 0 Å². The SMILES string of the molecule is CCc1ccc(CCCCc2ccnc(OC(=O)O)c2)cc1. The molecule has 0 unspecified atom stereocenters. The minimum Gasteiger partial charge on any atom is -0.449 e. The van der Waals surface area contributed by atoms with E-state index in [2.05, 4.69) is 40.9 Å². The summed E-state index contributed by atoms with van der Waals surface area (Å²) < 4.78 is 4.56. The van der Waals surface area contributed by atoms with Crippen LogP contribution in [-0.2, 0) is 19.3 Å². The fraction of sp³-hybridized carbons (Fsp3) is 0.333. The summed E-state index contributed by atoms with van der Waals surface area (Å²) in [5.74, 6) is 0.139. The molecular formula is C18H21NO3. The van der Waals surface area contributed by atoms with Crippen LogP contribution in [0.5, 0.6) is 5.88 Å². The molecule has 1 N–H and O–H groups in total. The Labute approximate surface area is 130 Å². The molecular weight excluding hydrogens is 278 g/mol. The third-order valence-electron chi connectivity index (χ3n) is 3.60. The molecule has 0 aliphatic rings. The molecule has 116 valence electrons. The topological polar surface area (TPSA) is 59.4 Å². The molecule has 0 atom stereocenters. The normalized spacial score (nSPS) is 10.4. The summed E-state index contributed by atoms with van der Waals surface area (Å²) >= 11 is 0. The Morgan fingerprint density at radius 3 is 2.32 bits per heavy atom. The van der Waals surface area contributed by atoms with Gasteiger partial charge in [-0.1, -0.05) is 31.2 Å². The average Bonchev–Trinajstić information content (AvgIpc) is 2.52. The van der Waals surface area contributed by atoms with E-state index < -0.39 is 6.16 Å². The van der Waals surface area contributed by atoms with Gasteiger partial charge in [0.05, 0.1) is 0 Å². The smallest absolute Gasteiger partial charge is 0.449 e. The van der Waals surface area contributed by atoms with Crippen LogP contribution in [0.3, 0.4) is 0 Å². The van der Waals surface area contributed by atoms with Gasteiger partial charge in [-0.2, -0.15) is 0 Å². The maximum Gasteiger partial charge on any atom is 0.512 e. The highest BCUT2D eigenvalue weighted by atomic mass is 16.7. The number of carboxylic acid groups (broad SMARTS) is 1. The second-order valence-electron chi connectivity index (χ2n) is 5.25. The van der Waals surface area contributed by atoms with E-state index in [4.69, 9.17) is 5.11 Å². The van der Waals surface area contributed by atoms with Crippen LogP contribution in [-0.4, -0.2) is 16.2 Å². The van der Waals surface area contributed by atoms with Crippen molar-refractivity contribution in [1.82, 2.24) is 4.98 Å². The van der Waals surface area contributed by atoms with E-state index in [-0.39, 0.29) is 5.88 Å². The lowest BCUT2D eigenvalue weighted by molar-refractivity contribution is 0.142. The first kappa shape index (κ1) is 16.0. The first-order valence-corrected chi connectivity index (χ1v) is 7.61. The lowest BCUT2D eigenvalue weighted by atomic mass is 10.0. The molecule has 2 rings (SSSR count). The highest BCUT2D eigenvalue weighted by Gasteiger charge is 2.03. The van der Waals surface area contributed by atoms with E-state index in [1.807, 2.05) is 6.07 Å². The predicted octanol–water partition coefficient (Wildman–Crippen LogP) is 4.27. The highest BCUT2D eigenvalue weighted by molar-refractivity contribution is 5.60. The Kier molecular flexibility index (Phi) is 5.95. The van der Waals surface area contributed by atoms with E-state index in [0.29, 0.717) is 0 Å². The average molecular weight is 299 g/mol. The summed E-state index contributed by atoms with van der Waals surface area (Å²) in [6.07, 6.45) is 5.42. The van der Waals surface area contributed by atoms with Crippen LogP contribution in [0, 0.1) is 0 Å². The number of hydrogen-bond donors (Lipinski definition) is 1. The van der Waals surface area contributed by atoms with E-state index in [1.54, 1.807) is 12.3 Å². The monoisotopic (exact) mass is 299 g/mol. The van der Waals surface area contributed by atoms with Crippen LogP contribution < -0.4 is 4.74 Å². The van der Waals surface area contributed by atoms with Gasteiger partial charge in [-0.15, -0.1) is 0 Å². The zero-order valence-corrected chi connectivity index (χ0v) is 12.8. The number of pyridine rings is 1. The Bertz CT molecular complexity index is 608. The van der Waals surface area contributed by atoms with Crippen molar-refractivity contribution in [1.29, 1.82) is 0 Å². The first-order chi connectivity index (χ1) is 10.7. The Hall–Kier alpha value is -2.36. The molecule has 0 bridgehead atoms. The number of aryl methyl sites for hydroxylation is 3. The molecule has 4 heteroatoms. The van der Waals surface area contributed by atoms with Crippen LogP contribution in [0.2, 0.25) is 0 Å². The number of nitrogens with zero attached hydrogens (tertiary/aromatic N) is 1. The molecule has 0 amide bonds. The van der Waals surface area contributed by atoms with Gasteiger partial charge in [-0.25, -0.2) is 9.78 Å². The maximum atomic E-state index is 10.5. The van der Waals surface area contributed by atoms with Crippen molar-refractivity contribution in [2.75, 3.05) is 0 Å². The molecule has 0 spiro atoms. The molecule has 0 aliphatic carbocycles. The molecule has 0 saturated carbocycles. The summed E-state index contributed by atoms with van der Waals surface area (Å²) in [5.41, 5.74) is 3.78. The second-order valence-corrected chi connectivity index (χ2v) is 5.25. The van der Waals surface area contributed by atoms with Gasteiger partial charge in [0.15, 0.2) is 0 Å². The molecule has 0 aliphatic heterocycles. The van der Waals surface area contributed by atoms with Crippen molar-refractivity contribution in [3.05, 3.63) is 59.3 Å². The molecule has 0 saturated heterocycles. The Morgan fingerprint density at radius 1 is 1.05 bits per heavy atom. The number of carbonyl (C=O) groups is 1. The molecule has 4 nitrogen and oxygen atoms in total. The number of rotatable bonds is 7. The second kappa shape index (κ2) is 8.17. The summed E-state index contributed by atoms with van der Waals surface area (Å²) in [6, 6.07) is 12.4. The number of unbranched alkanes of at least 4 members (excludes halogenated alkanes) is 1. The quantitative estimate of drug-likeness (QED) is 0.613. The van der Waals surface area contributed by atoms with Gasteiger partial charge in [-0.05, 0) is 54.9 Å². The highest BCUT2D eigenvalue weighted by Crippen LogP contribution is 2.14. The molecule has 0 fully saturated rings. The minimum absolute atomic E-state index is 0.139. The molecule has 0 radical (unpaired) electrons. The van der Waals surface area contributed by atoms with Crippen LogP contribution in [0.25, 0.3) is 0 Å². The van der Waals surface area contributed by atoms with E-state index >= 15 is 0 Å². The third-order valence-corrected chi connectivity index (χ3v) is 3.60. The molecule has 1 heterocycles. The van der Waals surface area contributed by atoms with Crippen molar-refractivity contribution >= 4 is 6.16 Å². The third kappa shape index (κ3) is 5.20. The van der Waals surface area contributed by atoms with Crippen LogP contribution in [0.15, 0.2) is 42.6 Å². The number of ether oxygens (including phenoxy) is 1. The van der Waals surface area contributed by atoms with E-state index in [0.717, 1.165) is 37.7 Å². The van der Waals surface area contributed by atoms with Gasteiger partial charge in [0, 0.05) is 12.3 Å². The minimum atomic E-state index is -1.33. The summed E-state index contributed by atoms with van der Waals surface area (Å²) in [5, 5.41) is 8.57. The Morgan fingerprint density at radius 2 is 1.68 bits per heavy atom. The van der Waals surface area contributed by atoms with Crippen molar-refractivity contribution in [2.45, 2.75) is 39.0 Å². The Balaban J connectivity index is 1.77. The number of hydrogen-bond acceptors (Lipinski definition) is 3. The number of benzene rings is 1. The van der Waals surface area contributed by atoms with Crippen molar-refractivity contribution in [2.24, 2.45) is 0 Å². The standard InChI is InChI=1S/C18H21NO3/c1-2-14-7-9-15(10-8-14)5-3-4-6-16-11-12-19-17(13-16)22-18(20)21/h7-13H,2-6H2,1H3,(H,20,21). The molecule has 2 aromatic rings. The van der Waals surface area contributed by atoms with Crippen molar-refractivity contribution < 1.29 is 14.6 Å². The molecule has 22 heavy (non-hydrogen) atoms. The van der Waals surface area contributed by atoms with Gasteiger partial charge in [0.25, 0.3) is 0 Å². The van der Waals surface area contributed by atoms with Crippen LogP contribution >= 0.6 is 0 Å². The first-order valence-electron chi connectivity index (χ1n) is 7.61. The maximum absolute atomic E-state index is 10.5. The van der Waals surface area contributed by atoms with Gasteiger partial charge in [0.2, 0.25) is 5.88 Å². The largest absolute Gasteiger partial charge is 0.512 e. The van der Waals surface area contributed by atoms with Gasteiger partial charge in [0.1, 0.15) is 0 Å². The van der Waals surface area contributed by atoms with E-state index in [1.165, 1.54) is 11.1 Å². The zero-order chi connectivity index (χ0) is 15.8. The summed E-state index contributed by atoms with van der Waals surface area (Å²) in [6.45, 7) is 2.16. The van der Waals surface area contributed by atoms with Crippen LogP contribution in [0.4, 0.5) is 4.79 Å². The van der Waals surface area contributed by atoms with Gasteiger partial charge in [-0.3, -0.25) is 0 Å². The fourth-order valence-electron chi connectivity index (χ4n) is 2.35. The summed E-state index contributed by atoms with van der Waals surface area (Å²) in [7, 11) is 0. The fourth-order valence-corrected chi connectivity index (χ4v) is 2.35. The predicted molar refractivity (Wildman–Crippen MR) is 85.4 cm³/mol. The molecule has 1 aromatic heterocycles. The lowest BCUT2D eigenvalue weighted by Gasteiger charge is -2.05.